The predicted octanol–water partition coefficient (Wildman–Crippen LogP) is -1.61. The predicted molar refractivity (Wildman–Crippen MR) is 124 cm³/mol. The summed E-state index contributed by atoms with van der Waals surface area (Å²) in [4.78, 5) is 12.7. The Morgan fingerprint density at radius 2 is 1.92 bits per heavy atom. The Balaban J connectivity index is 1.29. The first-order chi connectivity index (χ1) is 18.2. The number of ether oxygens (including phenoxy) is 6. The second-order valence-corrected chi connectivity index (χ2v) is 9.59. The number of esters is 1. The zero-order chi connectivity index (χ0) is 27.2. The third-order valence-corrected chi connectivity index (χ3v) is 7.46. The number of hydrogen-bond acceptors (Lipinski definition) is 13. The zero-order valence-corrected chi connectivity index (χ0v) is 20.3. The molecular weight excluding hydrogens is 508 g/mol. The molecule has 3 fully saturated rings. The number of aromatic hydroxyl groups is 1. The van der Waals surface area contributed by atoms with E-state index in [9.17, 15) is 35.4 Å². The molecule has 13 nitrogen and oxygen atoms in total. The van der Waals surface area contributed by atoms with Gasteiger partial charge in [-0.05, 0) is 29.8 Å². The highest BCUT2D eigenvalue weighted by Crippen LogP contribution is 2.60. The molecule has 1 saturated carbocycles. The number of carbonyl (C=O) groups is 1. The topological polar surface area (TPSA) is 197 Å². The van der Waals surface area contributed by atoms with E-state index in [-0.39, 0.29) is 5.75 Å². The van der Waals surface area contributed by atoms with Crippen LogP contribution >= 0.6 is 0 Å². The lowest BCUT2D eigenvalue weighted by molar-refractivity contribution is -0.344. The quantitative estimate of drug-likeness (QED) is 0.126. The highest BCUT2D eigenvalue weighted by Gasteiger charge is 2.77. The molecule has 2 saturated heterocycles. The van der Waals surface area contributed by atoms with Crippen LogP contribution in [0.5, 0.6) is 11.5 Å². The number of rotatable bonds is 8. The van der Waals surface area contributed by atoms with Crippen LogP contribution < -0.4 is 4.74 Å². The van der Waals surface area contributed by atoms with Gasteiger partial charge in [0.2, 0.25) is 6.29 Å². The summed E-state index contributed by atoms with van der Waals surface area (Å²) in [5, 5.41) is 60.0. The second kappa shape index (κ2) is 10.4. The molecule has 3 aliphatic heterocycles. The first-order valence-corrected chi connectivity index (χ1v) is 12.1. The number of aliphatic hydroxyl groups excluding tert-OH is 5. The van der Waals surface area contributed by atoms with E-state index in [1.54, 1.807) is 18.2 Å². The fraction of sp³-hybridized carbons (Fsp3) is 0.560. The molecular formula is C25H30O13. The van der Waals surface area contributed by atoms with Crippen molar-refractivity contribution in [3.63, 3.8) is 0 Å². The maximum Gasteiger partial charge on any atom is 0.331 e. The first kappa shape index (κ1) is 26.8. The Hall–Kier alpha value is -2.75. The van der Waals surface area contributed by atoms with Gasteiger partial charge in [0.15, 0.2) is 17.8 Å². The molecule has 0 unspecified atom stereocenters. The van der Waals surface area contributed by atoms with Crippen molar-refractivity contribution in [2.24, 2.45) is 11.8 Å². The van der Waals surface area contributed by atoms with Gasteiger partial charge in [-0.3, -0.25) is 0 Å². The lowest BCUT2D eigenvalue weighted by Gasteiger charge is -2.43. The van der Waals surface area contributed by atoms with Gasteiger partial charge >= 0.3 is 5.97 Å². The average molecular weight is 539 g/mol. The highest BCUT2D eigenvalue weighted by atomic mass is 16.8. The smallest absolute Gasteiger partial charge is 0.331 e. The fourth-order valence-corrected chi connectivity index (χ4v) is 5.44. The first-order valence-electron chi connectivity index (χ1n) is 12.1. The van der Waals surface area contributed by atoms with E-state index in [1.807, 2.05) is 0 Å². The number of phenols is 1. The Bertz CT molecular complexity index is 1090. The SMILES string of the molecule is COc1ccc(/C=C/C(=O)O[C@H]2[C@H]3C=CO[C@@H](O[C@@H]4O[C@H](CO)[C@@H](O)[C@H](O)[C@@H]4O)[C@@H]3[C@@]3(CO)O[C@@H]23)cc1O. The minimum Gasteiger partial charge on any atom is -0.504 e. The molecule has 0 bridgehead atoms. The lowest BCUT2D eigenvalue weighted by atomic mass is 9.85. The maximum absolute atomic E-state index is 12.7. The highest BCUT2D eigenvalue weighted by molar-refractivity contribution is 5.87. The van der Waals surface area contributed by atoms with Gasteiger partial charge in [-0.2, -0.15) is 0 Å². The van der Waals surface area contributed by atoms with Gasteiger partial charge in [-0.15, -0.1) is 0 Å². The maximum atomic E-state index is 12.7. The number of phenolic OH excluding ortho intramolecular Hbond substituents is 1. The number of benzene rings is 1. The van der Waals surface area contributed by atoms with E-state index in [2.05, 4.69) is 0 Å². The molecule has 1 aliphatic carbocycles. The van der Waals surface area contributed by atoms with E-state index in [0.29, 0.717) is 11.3 Å². The average Bonchev–Trinajstić information content (AvgIpc) is 3.59. The van der Waals surface area contributed by atoms with Crippen LogP contribution in [0.2, 0.25) is 0 Å². The van der Waals surface area contributed by atoms with Crippen molar-refractivity contribution in [3.8, 4) is 11.5 Å². The van der Waals surface area contributed by atoms with E-state index >= 15 is 0 Å². The third-order valence-electron chi connectivity index (χ3n) is 7.46. The Morgan fingerprint density at radius 3 is 2.61 bits per heavy atom. The van der Waals surface area contributed by atoms with Gasteiger partial charge in [-0.25, -0.2) is 4.79 Å². The molecule has 0 amide bonds. The summed E-state index contributed by atoms with van der Waals surface area (Å²) in [6.07, 6.45) is -4.45. The molecule has 0 radical (unpaired) electrons. The lowest BCUT2D eigenvalue weighted by Crippen LogP contribution is -2.60. The molecule has 5 rings (SSSR count). The van der Waals surface area contributed by atoms with Crippen LogP contribution in [-0.2, 0) is 28.5 Å². The van der Waals surface area contributed by atoms with Crippen molar-refractivity contribution < 1.29 is 63.9 Å². The number of fused-ring (bicyclic) bond motifs is 3. The molecule has 11 atom stereocenters. The third kappa shape index (κ3) is 4.54. The summed E-state index contributed by atoms with van der Waals surface area (Å²) in [7, 11) is 1.42. The molecule has 1 aromatic rings. The number of epoxide rings is 1. The largest absolute Gasteiger partial charge is 0.504 e. The van der Waals surface area contributed by atoms with E-state index in [0.717, 1.165) is 0 Å². The van der Waals surface area contributed by atoms with E-state index < -0.39 is 85.8 Å². The zero-order valence-electron chi connectivity index (χ0n) is 20.3. The monoisotopic (exact) mass is 538 g/mol. The summed E-state index contributed by atoms with van der Waals surface area (Å²) in [5.41, 5.74) is -0.610. The standard InChI is InChI=1S/C25H30O13/c1-33-14-4-2-11(8-13(14)28)3-5-16(29)36-21-12-6-7-34-23(17(12)25(10-27)22(21)38-25)37-24-20(32)19(31)18(30)15(9-26)35-24/h2-8,12,15,17-24,26-28,30-32H,9-10H2,1H3/b5-3+/t12-,15+,17+,18+,19-,20-,21-,22-,23-,24-,25+/m0/s1. The van der Waals surface area contributed by atoms with Crippen molar-refractivity contribution in [1.29, 1.82) is 0 Å². The number of carbonyl (C=O) groups excluding carboxylic acids is 1. The van der Waals surface area contributed by atoms with Crippen molar-refractivity contribution in [2.75, 3.05) is 20.3 Å². The number of methoxy groups -OCH3 is 1. The summed E-state index contributed by atoms with van der Waals surface area (Å²) in [5.74, 6) is -1.65. The minimum absolute atomic E-state index is 0.0847. The summed E-state index contributed by atoms with van der Waals surface area (Å²) < 4.78 is 33.3. The van der Waals surface area contributed by atoms with Crippen LogP contribution in [0.3, 0.4) is 0 Å². The van der Waals surface area contributed by atoms with Gasteiger partial charge in [-0.1, -0.05) is 6.07 Å². The summed E-state index contributed by atoms with van der Waals surface area (Å²) in [6, 6.07) is 4.63. The molecule has 38 heavy (non-hydrogen) atoms. The van der Waals surface area contributed by atoms with Crippen LogP contribution in [0.4, 0.5) is 0 Å². The van der Waals surface area contributed by atoms with Crippen LogP contribution in [0, 0.1) is 11.8 Å². The van der Waals surface area contributed by atoms with Crippen molar-refractivity contribution >= 4 is 12.0 Å². The van der Waals surface area contributed by atoms with Crippen molar-refractivity contribution in [1.82, 2.24) is 0 Å². The molecule has 1 aromatic carbocycles. The second-order valence-electron chi connectivity index (χ2n) is 9.59. The summed E-state index contributed by atoms with van der Waals surface area (Å²) in [6.45, 7) is -1.06. The molecule has 0 aromatic heterocycles. The van der Waals surface area contributed by atoms with Gasteiger partial charge < -0.3 is 59.1 Å². The van der Waals surface area contributed by atoms with Crippen LogP contribution in [0.1, 0.15) is 5.56 Å². The van der Waals surface area contributed by atoms with Crippen LogP contribution in [0.25, 0.3) is 6.08 Å². The van der Waals surface area contributed by atoms with Crippen LogP contribution in [0.15, 0.2) is 36.6 Å². The Morgan fingerprint density at radius 1 is 1.13 bits per heavy atom. The van der Waals surface area contributed by atoms with Gasteiger partial charge in [0.05, 0.1) is 32.5 Å². The molecule has 3 heterocycles. The molecule has 0 spiro atoms. The number of hydrogen-bond donors (Lipinski definition) is 6. The van der Waals surface area contributed by atoms with Crippen LogP contribution in [-0.4, -0.2) is 112 Å². The van der Waals surface area contributed by atoms with Crippen molar-refractivity contribution in [3.05, 3.63) is 42.2 Å². The summed E-state index contributed by atoms with van der Waals surface area (Å²) >= 11 is 0. The Labute approximate surface area is 217 Å². The van der Waals surface area contributed by atoms with Crippen molar-refractivity contribution in [2.45, 2.75) is 54.8 Å². The molecule has 13 heteroatoms. The minimum atomic E-state index is -1.65. The van der Waals surface area contributed by atoms with Gasteiger partial charge in [0, 0.05) is 12.0 Å². The molecule has 208 valence electrons. The van der Waals surface area contributed by atoms with Gasteiger partial charge in [0.25, 0.3) is 0 Å². The molecule has 4 aliphatic rings. The Kier molecular flexibility index (Phi) is 7.37. The normalized spacial score (nSPS) is 41.3. The molecule has 6 N–H and O–H groups in total. The number of aliphatic hydroxyl groups is 5. The van der Waals surface area contributed by atoms with E-state index in [1.165, 1.54) is 31.6 Å². The fourth-order valence-electron chi connectivity index (χ4n) is 5.44. The van der Waals surface area contributed by atoms with E-state index in [4.69, 9.17) is 28.4 Å². The van der Waals surface area contributed by atoms with Gasteiger partial charge in [0.1, 0.15) is 42.2 Å².